The minimum atomic E-state index is -4.45. The topological polar surface area (TPSA) is 25.8 Å². The summed E-state index contributed by atoms with van der Waals surface area (Å²) >= 11 is 0. The number of hydrogen-bond acceptors (Lipinski definition) is 2. The van der Waals surface area contributed by atoms with E-state index in [0.717, 1.165) is 31.2 Å². The fourth-order valence-electron chi connectivity index (χ4n) is 2.66. The molecule has 0 N–H and O–H groups in total. The van der Waals surface area contributed by atoms with Gasteiger partial charge in [0.1, 0.15) is 0 Å². The molecule has 1 heterocycles. The first-order valence-electron chi connectivity index (χ1n) is 6.39. The highest BCUT2D eigenvalue weighted by molar-refractivity contribution is 5.13. The molecule has 1 fully saturated rings. The van der Waals surface area contributed by atoms with Crippen molar-refractivity contribution < 1.29 is 13.2 Å². The molecule has 1 aromatic heterocycles. The quantitative estimate of drug-likeness (QED) is 0.795. The predicted molar refractivity (Wildman–Crippen MR) is 62.0 cm³/mol. The Bertz CT molecular complexity index is 386. The van der Waals surface area contributed by atoms with Crippen molar-refractivity contribution in [3.05, 3.63) is 23.8 Å². The average molecular weight is 258 g/mol. The van der Waals surface area contributed by atoms with Crippen molar-refractivity contribution in [1.29, 1.82) is 0 Å². The fourth-order valence-corrected chi connectivity index (χ4v) is 2.66. The van der Waals surface area contributed by atoms with Crippen LogP contribution < -0.4 is 0 Å². The number of hydrogen-bond donors (Lipinski definition) is 0. The van der Waals surface area contributed by atoms with Crippen LogP contribution >= 0.6 is 0 Å². The van der Waals surface area contributed by atoms with Gasteiger partial charge in [-0.15, -0.1) is 0 Å². The number of halogens is 3. The lowest BCUT2D eigenvalue weighted by molar-refractivity contribution is -0.145. The van der Waals surface area contributed by atoms with E-state index in [1.165, 1.54) is 18.8 Å². The maximum atomic E-state index is 12.4. The molecule has 1 saturated carbocycles. The first-order chi connectivity index (χ1) is 8.50. The van der Waals surface area contributed by atoms with Gasteiger partial charge in [0.05, 0.1) is 0 Å². The molecule has 0 aromatic carbocycles. The molecule has 2 unspecified atom stereocenters. The Morgan fingerprint density at radius 3 is 2.44 bits per heavy atom. The zero-order chi connectivity index (χ0) is 13.2. The summed E-state index contributed by atoms with van der Waals surface area (Å²) in [4.78, 5) is 6.88. The molecule has 1 aromatic rings. The van der Waals surface area contributed by atoms with Crippen LogP contribution in [0.1, 0.15) is 56.3 Å². The van der Waals surface area contributed by atoms with Gasteiger partial charge in [0.25, 0.3) is 0 Å². The largest absolute Gasteiger partial charge is 0.451 e. The predicted octanol–water partition coefficient (Wildman–Crippen LogP) is 4.18. The van der Waals surface area contributed by atoms with E-state index in [4.69, 9.17) is 0 Å². The number of aromatic nitrogens is 2. The molecule has 0 radical (unpaired) electrons. The van der Waals surface area contributed by atoms with Gasteiger partial charge < -0.3 is 0 Å². The van der Waals surface area contributed by atoms with E-state index in [1.807, 2.05) is 0 Å². The minimum absolute atomic E-state index is 0.325. The Hall–Kier alpha value is -1.13. The highest BCUT2D eigenvalue weighted by Crippen LogP contribution is 2.37. The van der Waals surface area contributed by atoms with E-state index < -0.39 is 12.0 Å². The van der Waals surface area contributed by atoms with Crippen molar-refractivity contribution in [3.8, 4) is 0 Å². The lowest BCUT2D eigenvalue weighted by Gasteiger charge is -2.28. The fraction of sp³-hybridized carbons (Fsp3) is 0.692. The van der Waals surface area contributed by atoms with Gasteiger partial charge in [-0.2, -0.15) is 13.2 Å². The van der Waals surface area contributed by atoms with Crippen molar-refractivity contribution >= 4 is 0 Å². The van der Waals surface area contributed by atoms with Crippen LogP contribution in [0, 0.1) is 5.92 Å². The lowest BCUT2D eigenvalue weighted by atomic mass is 9.78. The molecule has 2 rings (SSSR count). The van der Waals surface area contributed by atoms with Crippen molar-refractivity contribution in [2.24, 2.45) is 5.92 Å². The monoisotopic (exact) mass is 258 g/mol. The molecule has 0 amide bonds. The van der Waals surface area contributed by atoms with Gasteiger partial charge in [0.2, 0.25) is 5.82 Å². The Labute approximate surface area is 105 Å². The van der Waals surface area contributed by atoms with Crippen LogP contribution in [0.5, 0.6) is 0 Å². The smallest absolute Gasteiger partial charge is 0.233 e. The third-order valence-corrected chi connectivity index (χ3v) is 3.76. The molecule has 0 bridgehead atoms. The van der Waals surface area contributed by atoms with Gasteiger partial charge in [-0.3, -0.25) is 0 Å². The standard InChI is InChI=1S/C13H17F3N2/c1-2-9-4-3-5-10(6-9)11-7-17-12(18-8-11)13(14,15)16/h7-10H,2-6H2,1H3. The molecule has 1 aliphatic carbocycles. The Morgan fingerprint density at radius 2 is 1.89 bits per heavy atom. The van der Waals surface area contributed by atoms with E-state index in [1.54, 1.807) is 0 Å². The summed E-state index contributed by atoms with van der Waals surface area (Å²) < 4.78 is 37.1. The maximum Gasteiger partial charge on any atom is 0.451 e. The maximum absolute atomic E-state index is 12.4. The lowest BCUT2D eigenvalue weighted by Crippen LogP contribution is -2.16. The molecule has 100 valence electrons. The van der Waals surface area contributed by atoms with Gasteiger partial charge in [-0.25, -0.2) is 9.97 Å². The SMILES string of the molecule is CCC1CCCC(c2cnc(C(F)(F)F)nc2)C1. The minimum Gasteiger partial charge on any atom is -0.233 e. The van der Waals surface area contributed by atoms with E-state index >= 15 is 0 Å². The average Bonchev–Trinajstić information content (AvgIpc) is 2.38. The molecule has 5 heteroatoms. The summed E-state index contributed by atoms with van der Waals surface area (Å²) in [5, 5.41) is 0. The summed E-state index contributed by atoms with van der Waals surface area (Å²) in [7, 11) is 0. The first-order valence-corrected chi connectivity index (χ1v) is 6.39. The molecule has 0 spiro atoms. The van der Waals surface area contributed by atoms with E-state index in [9.17, 15) is 13.2 Å². The zero-order valence-electron chi connectivity index (χ0n) is 10.4. The third-order valence-electron chi connectivity index (χ3n) is 3.76. The Balaban J connectivity index is 2.09. The van der Waals surface area contributed by atoms with Crippen LogP contribution in [0.25, 0.3) is 0 Å². The van der Waals surface area contributed by atoms with Crippen molar-refractivity contribution in [3.63, 3.8) is 0 Å². The number of rotatable bonds is 2. The summed E-state index contributed by atoms with van der Waals surface area (Å²) in [6.45, 7) is 2.16. The number of alkyl halides is 3. The van der Waals surface area contributed by atoms with Crippen LogP contribution in [0.3, 0.4) is 0 Å². The molecule has 0 saturated heterocycles. The Kier molecular flexibility index (Phi) is 3.88. The van der Waals surface area contributed by atoms with E-state index in [0.29, 0.717) is 11.8 Å². The normalized spacial score (nSPS) is 25.1. The summed E-state index contributed by atoms with van der Waals surface area (Å²) in [6, 6.07) is 0. The summed E-state index contributed by atoms with van der Waals surface area (Å²) in [5.41, 5.74) is 0.848. The van der Waals surface area contributed by atoms with Gasteiger partial charge >= 0.3 is 6.18 Å². The van der Waals surface area contributed by atoms with Crippen LogP contribution in [-0.4, -0.2) is 9.97 Å². The van der Waals surface area contributed by atoms with Crippen LogP contribution in [0.2, 0.25) is 0 Å². The van der Waals surface area contributed by atoms with Gasteiger partial charge in [-0.05, 0) is 30.2 Å². The summed E-state index contributed by atoms with van der Waals surface area (Å²) in [6.07, 6.45) is 3.83. The van der Waals surface area contributed by atoms with Crippen molar-refractivity contribution in [1.82, 2.24) is 9.97 Å². The Morgan fingerprint density at radius 1 is 1.22 bits per heavy atom. The second kappa shape index (κ2) is 5.24. The highest BCUT2D eigenvalue weighted by Gasteiger charge is 2.34. The molecular weight excluding hydrogens is 241 g/mol. The second-order valence-corrected chi connectivity index (χ2v) is 4.98. The second-order valence-electron chi connectivity index (χ2n) is 4.98. The molecule has 0 aliphatic heterocycles. The van der Waals surface area contributed by atoms with Crippen LogP contribution in [0.4, 0.5) is 13.2 Å². The molecule has 2 atom stereocenters. The van der Waals surface area contributed by atoms with Gasteiger partial charge in [0.15, 0.2) is 0 Å². The first kappa shape index (κ1) is 13.3. The molecule has 1 aliphatic rings. The van der Waals surface area contributed by atoms with Gasteiger partial charge in [-0.1, -0.05) is 26.2 Å². The molecule has 2 nitrogen and oxygen atoms in total. The van der Waals surface area contributed by atoms with Crippen LogP contribution in [0.15, 0.2) is 12.4 Å². The van der Waals surface area contributed by atoms with Crippen LogP contribution in [-0.2, 0) is 6.18 Å². The third kappa shape index (κ3) is 3.00. The molecule has 18 heavy (non-hydrogen) atoms. The van der Waals surface area contributed by atoms with E-state index in [-0.39, 0.29) is 0 Å². The highest BCUT2D eigenvalue weighted by atomic mass is 19.4. The zero-order valence-corrected chi connectivity index (χ0v) is 10.4. The van der Waals surface area contributed by atoms with E-state index in [2.05, 4.69) is 16.9 Å². The number of nitrogens with zero attached hydrogens (tertiary/aromatic N) is 2. The van der Waals surface area contributed by atoms with Crippen molar-refractivity contribution in [2.75, 3.05) is 0 Å². The molecular formula is C13H17F3N2. The summed E-state index contributed by atoms with van der Waals surface area (Å²) in [5.74, 6) is -0.0360. The van der Waals surface area contributed by atoms with Gasteiger partial charge in [0, 0.05) is 12.4 Å². The van der Waals surface area contributed by atoms with Crippen molar-refractivity contribution in [2.45, 2.75) is 51.1 Å².